The number of likely N-dealkylation sites (tertiary alicyclic amines) is 1. The highest BCUT2D eigenvalue weighted by Crippen LogP contribution is 2.21. The third-order valence-corrected chi connectivity index (χ3v) is 6.03. The average molecular weight is 418 g/mol. The summed E-state index contributed by atoms with van der Waals surface area (Å²) in [6.07, 6.45) is 3.56. The van der Waals surface area contributed by atoms with Crippen molar-refractivity contribution in [3.63, 3.8) is 0 Å². The van der Waals surface area contributed by atoms with Gasteiger partial charge in [0.1, 0.15) is 5.39 Å². The quantitative estimate of drug-likeness (QED) is 0.520. The van der Waals surface area contributed by atoms with Crippen LogP contribution in [0.15, 0.2) is 40.4 Å². The summed E-state index contributed by atoms with van der Waals surface area (Å²) in [6.45, 7) is 3.81. The number of amides is 1. The van der Waals surface area contributed by atoms with Crippen molar-refractivity contribution in [1.29, 1.82) is 0 Å². The molecule has 0 radical (unpaired) electrons. The van der Waals surface area contributed by atoms with Crippen LogP contribution in [0.5, 0.6) is 0 Å². The molecule has 0 spiro atoms. The Morgan fingerprint density at radius 1 is 1.36 bits per heavy atom. The van der Waals surface area contributed by atoms with E-state index in [0.717, 1.165) is 31.6 Å². The van der Waals surface area contributed by atoms with Crippen molar-refractivity contribution in [2.75, 3.05) is 18.8 Å². The lowest BCUT2D eigenvalue weighted by molar-refractivity contribution is -0.129. The zero-order valence-corrected chi connectivity index (χ0v) is 17.0. The van der Waals surface area contributed by atoms with E-state index in [1.165, 1.54) is 18.0 Å². The molecule has 146 valence electrons. The summed E-state index contributed by atoms with van der Waals surface area (Å²) in [7, 11) is 0. The minimum Gasteiger partial charge on any atom is -0.342 e. The SMILES string of the molecule is CC1CCN(C(=O)CSc2nc3c(cnn3-c3cccc(Cl)c3)c(=O)[nH]2)CC1. The number of nitrogens with zero attached hydrogens (tertiary/aromatic N) is 4. The van der Waals surface area contributed by atoms with Gasteiger partial charge in [-0.1, -0.05) is 36.4 Å². The number of aromatic amines is 1. The number of halogens is 1. The van der Waals surface area contributed by atoms with E-state index in [-0.39, 0.29) is 17.2 Å². The summed E-state index contributed by atoms with van der Waals surface area (Å²) in [5, 5.41) is 5.64. The Morgan fingerprint density at radius 3 is 2.89 bits per heavy atom. The number of H-pyrrole nitrogens is 1. The summed E-state index contributed by atoms with van der Waals surface area (Å²) in [4.78, 5) is 34.0. The smallest absolute Gasteiger partial charge is 0.262 e. The maximum Gasteiger partial charge on any atom is 0.262 e. The highest BCUT2D eigenvalue weighted by Gasteiger charge is 2.21. The lowest BCUT2D eigenvalue weighted by Crippen LogP contribution is -2.38. The Kier molecular flexibility index (Phi) is 5.41. The molecule has 1 aliphatic heterocycles. The van der Waals surface area contributed by atoms with Gasteiger partial charge >= 0.3 is 0 Å². The van der Waals surface area contributed by atoms with Gasteiger partial charge in [0.15, 0.2) is 10.8 Å². The number of rotatable bonds is 4. The zero-order valence-electron chi connectivity index (χ0n) is 15.4. The number of fused-ring (bicyclic) bond motifs is 1. The second-order valence-corrected chi connectivity index (χ2v) is 8.40. The van der Waals surface area contributed by atoms with E-state index in [1.807, 2.05) is 17.0 Å². The average Bonchev–Trinajstić information content (AvgIpc) is 3.11. The molecule has 3 aromatic rings. The Bertz CT molecular complexity index is 1070. The van der Waals surface area contributed by atoms with Crippen molar-refractivity contribution in [2.24, 2.45) is 5.92 Å². The highest BCUT2D eigenvalue weighted by molar-refractivity contribution is 7.99. The van der Waals surface area contributed by atoms with Crippen molar-refractivity contribution in [3.05, 3.63) is 45.8 Å². The minimum atomic E-state index is -0.278. The first-order chi connectivity index (χ1) is 13.5. The monoisotopic (exact) mass is 417 g/mol. The molecule has 1 N–H and O–H groups in total. The molecule has 9 heteroatoms. The van der Waals surface area contributed by atoms with E-state index >= 15 is 0 Å². The Labute approximate surface area is 171 Å². The molecule has 1 aliphatic rings. The van der Waals surface area contributed by atoms with Crippen molar-refractivity contribution in [1.82, 2.24) is 24.6 Å². The van der Waals surface area contributed by atoms with Crippen molar-refractivity contribution >= 4 is 40.3 Å². The number of benzene rings is 1. The van der Waals surface area contributed by atoms with Gasteiger partial charge < -0.3 is 9.88 Å². The number of carbonyl (C=O) groups is 1. The molecule has 3 heterocycles. The Morgan fingerprint density at radius 2 is 2.14 bits per heavy atom. The van der Waals surface area contributed by atoms with Crippen LogP contribution in [0.3, 0.4) is 0 Å². The van der Waals surface area contributed by atoms with Crippen LogP contribution in [0.25, 0.3) is 16.7 Å². The van der Waals surface area contributed by atoms with Crippen LogP contribution in [0.4, 0.5) is 0 Å². The van der Waals surface area contributed by atoms with Crippen LogP contribution in [-0.4, -0.2) is 49.4 Å². The molecule has 0 atom stereocenters. The number of nitrogens with one attached hydrogen (secondary N) is 1. The largest absolute Gasteiger partial charge is 0.342 e. The summed E-state index contributed by atoms with van der Waals surface area (Å²) in [6, 6.07) is 7.18. The molecular formula is C19H20ClN5O2S. The highest BCUT2D eigenvalue weighted by atomic mass is 35.5. The number of carbonyl (C=O) groups excluding carboxylic acids is 1. The lowest BCUT2D eigenvalue weighted by Gasteiger charge is -2.30. The standard InChI is InChI=1S/C19H20ClN5O2S/c1-12-5-7-24(8-6-12)16(26)11-28-19-22-17-15(18(27)23-19)10-21-25(17)14-4-2-3-13(20)9-14/h2-4,9-10,12H,5-8,11H2,1H3,(H,22,23,27). The fourth-order valence-electron chi connectivity index (χ4n) is 3.24. The van der Waals surface area contributed by atoms with Crippen LogP contribution in [-0.2, 0) is 4.79 Å². The Balaban J connectivity index is 1.56. The topological polar surface area (TPSA) is 83.9 Å². The van der Waals surface area contributed by atoms with E-state index in [4.69, 9.17) is 11.6 Å². The van der Waals surface area contributed by atoms with E-state index in [2.05, 4.69) is 22.0 Å². The summed E-state index contributed by atoms with van der Waals surface area (Å²) >= 11 is 7.30. The molecule has 0 saturated carbocycles. The summed E-state index contributed by atoms with van der Waals surface area (Å²) < 4.78 is 1.58. The van der Waals surface area contributed by atoms with Gasteiger partial charge in [0, 0.05) is 18.1 Å². The molecule has 0 bridgehead atoms. The summed E-state index contributed by atoms with van der Waals surface area (Å²) in [5.74, 6) is 0.987. The first kappa shape index (κ1) is 19.0. The van der Waals surface area contributed by atoms with Crippen LogP contribution in [0, 0.1) is 5.92 Å². The molecule has 1 saturated heterocycles. The number of hydrogen-bond donors (Lipinski definition) is 1. The molecule has 1 aromatic carbocycles. The van der Waals surface area contributed by atoms with Crippen LogP contribution in [0.1, 0.15) is 19.8 Å². The van der Waals surface area contributed by atoms with Crippen molar-refractivity contribution in [3.8, 4) is 5.69 Å². The van der Waals surface area contributed by atoms with Crippen molar-refractivity contribution in [2.45, 2.75) is 24.9 Å². The van der Waals surface area contributed by atoms with Crippen LogP contribution < -0.4 is 5.56 Å². The third-order valence-electron chi connectivity index (χ3n) is 4.94. The first-order valence-electron chi connectivity index (χ1n) is 9.16. The molecule has 0 aliphatic carbocycles. The molecule has 1 amide bonds. The maximum atomic E-state index is 12.5. The van der Waals surface area contributed by atoms with Crippen molar-refractivity contribution < 1.29 is 4.79 Å². The van der Waals surface area contributed by atoms with E-state index in [9.17, 15) is 9.59 Å². The minimum absolute atomic E-state index is 0.0722. The van der Waals surface area contributed by atoms with Crippen LogP contribution >= 0.6 is 23.4 Å². The number of thioether (sulfide) groups is 1. The fourth-order valence-corrected chi connectivity index (χ4v) is 4.19. The molecule has 0 unspecified atom stereocenters. The van der Waals surface area contributed by atoms with Gasteiger partial charge in [0.2, 0.25) is 5.91 Å². The summed E-state index contributed by atoms with van der Waals surface area (Å²) in [5.41, 5.74) is 0.878. The number of piperidine rings is 1. The van der Waals surface area contributed by atoms with Gasteiger partial charge in [0.05, 0.1) is 17.6 Å². The van der Waals surface area contributed by atoms with Gasteiger partial charge in [-0.2, -0.15) is 5.10 Å². The van der Waals surface area contributed by atoms with E-state index in [0.29, 0.717) is 27.1 Å². The molecule has 2 aromatic heterocycles. The lowest BCUT2D eigenvalue weighted by atomic mass is 9.99. The first-order valence-corrected chi connectivity index (χ1v) is 10.5. The Hall–Kier alpha value is -2.32. The predicted octanol–water partition coefficient (Wildman–Crippen LogP) is 3.11. The normalized spacial score (nSPS) is 15.3. The van der Waals surface area contributed by atoms with Gasteiger partial charge in [-0.15, -0.1) is 0 Å². The second kappa shape index (κ2) is 7.97. The molecule has 7 nitrogen and oxygen atoms in total. The van der Waals surface area contributed by atoms with Gasteiger partial charge in [0.25, 0.3) is 5.56 Å². The number of hydrogen-bond acceptors (Lipinski definition) is 5. The molecular weight excluding hydrogens is 398 g/mol. The van der Waals surface area contributed by atoms with E-state index in [1.54, 1.807) is 16.8 Å². The molecule has 4 rings (SSSR count). The van der Waals surface area contributed by atoms with Crippen LogP contribution in [0.2, 0.25) is 5.02 Å². The van der Waals surface area contributed by atoms with Gasteiger partial charge in [-0.05, 0) is 37.0 Å². The second-order valence-electron chi connectivity index (χ2n) is 7.00. The zero-order chi connectivity index (χ0) is 19.7. The molecule has 28 heavy (non-hydrogen) atoms. The maximum absolute atomic E-state index is 12.5. The predicted molar refractivity (Wildman–Crippen MR) is 110 cm³/mol. The van der Waals surface area contributed by atoms with Gasteiger partial charge in [-0.3, -0.25) is 9.59 Å². The number of aromatic nitrogens is 4. The third kappa shape index (κ3) is 3.93. The fraction of sp³-hybridized carbons (Fsp3) is 0.368. The molecule has 1 fully saturated rings. The van der Waals surface area contributed by atoms with E-state index < -0.39 is 0 Å². The van der Waals surface area contributed by atoms with Gasteiger partial charge in [-0.25, -0.2) is 9.67 Å².